The molecule has 18 heavy (non-hydrogen) atoms. The normalized spacial score (nSPS) is 9.94. The van der Waals surface area contributed by atoms with Crippen LogP contribution in [0.5, 0.6) is 11.5 Å². The summed E-state index contributed by atoms with van der Waals surface area (Å²) in [4.78, 5) is 11.4. The van der Waals surface area contributed by atoms with E-state index in [4.69, 9.17) is 14.6 Å². The fourth-order valence-electron chi connectivity index (χ4n) is 1.39. The Morgan fingerprint density at radius 3 is 2.83 bits per heavy atom. The van der Waals surface area contributed by atoms with Crippen LogP contribution in [0.1, 0.15) is 18.9 Å². The number of carbonyl (C=O) groups is 1. The van der Waals surface area contributed by atoms with Gasteiger partial charge >= 0.3 is 0 Å². The number of nitrogens with one attached hydrogen (secondary N) is 1. The number of hydrogen-bond acceptors (Lipinski definition) is 4. The molecular weight excluding hydrogens is 234 g/mol. The quantitative estimate of drug-likeness (QED) is 0.763. The van der Waals surface area contributed by atoms with Crippen molar-refractivity contribution in [1.82, 2.24) is 5.32 Å². The second-order valence-electron chi connectivity index (χ2n) is 3.77. The first-order valence-electron chi connectivity index (χ1n) is 5.88. The van der Waals surface area contributed by atoms with Crippen molar-refractivity contribution in [3.05, 3.63) is 23.8 Å². The van der Waals surface area contributed by atoms with Crippen LogP contribution in [0.15, 0.2) is 18.2 Å². The van der Waals surface area contributed by atoms with Gasteiger partial charge in [0.25, 0.3) is 5.91 Å². The fraction of sp³-hybridized carbons (Fsp3) is 0.462. The summed E-state index contributed by atoms with van der Waals surface area (Å²) in [6.07, 6.45) is 0.882. The Morgan fingerprint density at radius 1 is 1.44 bits per heavy atom. The van der Waals surface area contributed by atoms with Gasteiger partial charge in [0.2, 0.25) is 0 Å². The third-order valence-electron chi connectivity index (χ3n) is 2.38. The number of carbonyl (C=O) groups excluding carboxylic acids is 1. The minimum absolute atomic E-state index is 0.0693. The highest BCUT2D eigenvalue weighted by molar-refractivity contribution is 5.77. The lowest BCUT2D eigenvalue weighted by atomic mass is 10.2. The van der Waals surface area contributed by atoms with Crippen LogP contribution in [0, 0.1) is 0 Å². The standard InChI is InChI=1S/C13H19NO4/c1-3-6-14-13(16)9-18-12-7-11(17-2)5-4-10(12)8-15/h4-5,7,15H,3,6,8-9H2,1-2H3,(H,14,16). The molecule has 0 heterocycles. The molecule has 2 N–H and O–H groups in total. The molecule has 0 aliphatic heterocycles. The van der Waals surface area contributed by atoms with Crippen LogP contribution < -0.4 is 14.8 Å². The summed E-state index contributed by atoms with van der Waals surface area (Å²) in [5.41, 5.74) is 0.624. The molecule has 0 fully saturated rings. The molecule has 0 aliphatic rings. The highest BCUT2D eigenvalue weighted by Gasteiger charge is 2.07. The van der Waals surface area contributed by atoms with E-state index in [0.717, 1.165) is 6.42 Å². The molecule has 0 saturated carbocycles. The second kappa shape index (κ2) is 7.55. The first kappa shape index (κ1) is 14.3. The Labute approximate surface area is 107 Å². The minimum Gasteiger partial charge on any atom is -0.497 e. The van der Waals surface area contributed by atoms with Gasteiger partial charge in [-0.3, -0.25) is 4.79 Å². The summed E-state index contributed by atoms with van der Waals surface area (Å²) >= 11 is 0. The lowest BCUT2D eigenvalue weighted by molar-refractivity contribution is -0.123. The summed E-state index contributed by atoms with van der Waals surface area (Å²) in [6, 6.07) is 5.09. The van der Waals surface area contributed by atoms with Gasteiger partial charge in [-0.25, -0.2) is 0 Å². The van der Waals surface area contributed by atoms with E-state index in [-0.39, 0.29) is 19.1 Å². The maximum absolute atomic E-state index is 11.4. The summed E-state index contributed by atoms with van der Waals surface area (Å²) in [5.74, 6) is 0.906. The zero-order chi connectivity index (χ0) is 13.4. The Balaban J connectivity index is 2.62. The van der Waals surface area contributed by atoms with Gasteiger partial charge in [-0.15, -0.1) is 0 Å². The van der Waals surface area contributed by atoms with Crippen LogP contribution in [0.4, 0.5) is 0 Å². The van der Waals surface area contributed by atoms with E-state index in [0.29, 0.717) is 23.6 Å². The average molecular weight is 253 g/mol. The van der Waals surface area contributed by atoms with E-state index in [1.807, 2.05) is 6.92 Å². The monoisotopic (exact) mass is 253 g/mol. The van der Waals surface area contributed by atoms with Gasteiger partial charge in [0, 0.05) is 18.2 Å². The molecule has 5 nitrogen and oxygen atoms in total. The predicted octanol–water partition coefficient (Wildman–Crippen LogP) is 1.09. The summed E-state index contributed by atoms with van der Waals surface area (Å²) in [6.45, 7) is 2.40. The SMILES string of the molecule is CCCNC(=O)COc1cc(OC)ccc1CO. The van der Waals surface area contributed by atoms with Crippen LogP contribution in [-0.4, -0.2) is 31.3 Å². The molecule has 0 atom stereocenters. The highest BCUT2D eigenvalue weighted by Crippen LogP contribution is 2.24. The lowest BCUT2D eigenvalue weighted by Gasteiger charge is -2.11. The Bertz CT molecular complexity index is 393. The van der Waals surface area contributed by atoms with E-state index < -0.39 is 0 Å². The molecule has 0 aliphatic carbocycles. The van der Waals surface area contributed by atoms with Crippen LogP contribution in [0.3, 0.4) is 0 Å². The van der Waals surface area contributed by atoms with Gasteiger partial charge in [-0.1, -0.05) is 6.92 Å². The number of benzene rings is 1. The van der Waals surface area contributed by atoms with Crippen LogP contribution in [0.25, 0.3) is 0 Å². The maximum Gasteiger partial charge on any atom is 0.257 e. The molecule has 1 amide bonds. The molecule has 0 radical (unpaired) electrons. The molecule has 0 spiro atoms. The van der Waals surface area contributed by atoms with E-state index >= 15 is 0 Å². The molecule has 5 heteroatoms. The first-order chi connectivity index (χ1) is 8.71. The van der Waals surface area contributed by atoms with Gasteiger partial charge in [0.15, 0.2) is 6.61 Å². The van der Waals surface area contributed by atoms with E-state index in [1.54, 1.807) is 25.3 Å². The second-order valence-corrected chi connectivity index (χ2v) is 3.77. The third kappa shape index (κ3) is 4.25. The van der Waals surface area contributed by atoms with Crippen LogP contribution in [0.2, 0.25) is 0 Å². The number of ether oxygens (including phenoxy) is 2. The number of amides is 1. The maximum atomic E-state index is 11.4. The number of aliphatic hydroxyl groups is 1. The average Bonchev–Trinajstić information content (AvgIpc) is 2.42. The molecule has 1 aromatic carbocycles. The van der Waals surface area contributed by atoms with Crippen LogP contribution >= 0.6 is 0 Å². The molecular formula is C13H19NO4. The summed E-state index contributed by atoms with van der Waals surface area (Å²) < 4.78 is 10.4. The largest absolute Gasteiger partial charge is 0.497 e. The van der Waals surface area contributed by atoms with Crippen molar-refractivity contribution in [1.29, 1.82) is 0 Å². The van der Waals surface area contributed by atoms with Gasteiger partial charge in [0.1, 0.15) is 11.5 Å². The van der Waals surface area contributed by atoms with Crippen molar-refractivity contribution in [3.63, 3.8) is 0 Å². The molecule has 1 rings (SSSR count). The van der Waals surface area contributed by atoms with Crippen molar-refractivity contribution >= 4 is 5.91 Å². The first-order valence-corrected chi connectivity index (χ1v) is 5.88. The van der Waals surface area contributed by atoms with E-state index in [9.17, 15) is 4.79 Å². The zero-order valence-electron chi connectivity index (χ0n) is 10.7. The molecule has 100 valence electrons. The van der Waals surface area contributed by atoms with Gasteiger partial charge in [-0.05, 0) is 18.6 Å². The van der Waals surface area contributed by atoms with Crippen molar-refractivity contribution in [2.45, 2.75) is 20.0 Å². The van der Waals surface area contributed by atoms with Crippen molar-refractivity contribution in [2.75, 3.05) is 20.3 Å². The molecule has 1 aromatic rings. The number of aliphatic hydroxyl groups excluding tert-OH is 1. The Kier molecular flexibility index (Phi) is 6.00. The van der Waals surface area contributed by atoms with Crippen molar-refractivity contribution in [2.24, 2.45) is 0 Å². The van der Waals surface area contributed by atoms with E-state index in [1.165, 1.54) is 0 Å². The number of rotatable bonds is 7. The summed E-state index contributed by atoms with van der Waals surface area (Å²) in [7, 11) is 1.55. The smallest absolute Gasteiger partial charge is 0.257 e. The fourth-order valence-corrected chi connectivity index (χ4v) is 1.39. The van der Waals surface area contributed by atoms with E-state index in [2.05, 4.69) is 5.32 Å². The van der Waals surface area contributed by atoms with Crippen molar-refractivity contribution < 1.29 is 19.4 Å². The van der Waals surface area contributed by atoms with Gasteiger partial charge in [-0.2, -0.15) is 0 Å². The highest BCUT2D eigenvalue weighted by atomic mass is 16.5. The molecule has 0 saturated heterocycles. The van der Waals surface area contributed by atoms with Crippen molar-refractivity contribution in [3.8, 4) is 11.5 Å². The predicted molar refractivity (Wildman–Crippen MR) is 67.7 cm³/mol. The zero-order valence-corrected chi connectivity index (χ0v) is 10.7. The third-order valence-corrected chi connectivity index (χ3v) is 2.38. The summed E-state index contributed by atoms with van der Waals surface area (Å²) in [5, 5.41) is 11.9. The topological polar surface area (TPSA) is 67.8 Å². The molecule has 0 bridgehead atoms. The molecule has 0 aromatic heterocycles. The lowest BCUT2D eigenvalue weighted by Crippen LogP contribution is -2.29. The molecule has 0 unspecified atom stereocenters. The Morgan fingerprint density at radius 2 is 2.22 bits per heavy atom. The number of hydrogen-bond donors (Lipinski definition) is 2. The Hall–Kier alpha value is -1.75. The van der Waals surface area contributed by atoms with Gasteiger partial charge in [0.05, 0.1) is 13.7 Å². The van der Waals surface area contributed by atoms with Gasteiger partial charge < -0.3 is 19.9 Å². The van der Waals surface area contributed by atoms with Crippen LogP contribution in [-0.2, 0) is 11.4 Å². The number of methoxy groups -OCH3 is 1. The minimum atomic E-state index is -0.177.